The van der Waals surface area contributed by atoms with Crippen LogP contribution in [0.4, 0.5) is 17.6 Å². The average molecular weight is 646 g/mol. The molecule has 5 rings (SSSR count). The first kappa shape index (κ1) is 31.3. The Morgan fingerprint density at radius 1 is 1.30 bits per heavy atom. The van der Waals surface area contributed by atoms with Crippen molar-refractivity contribution in [1.82, 2.24) is 20.1 Å². The van der Waals surface area contributed by atoms with Gasteiger partial charge in [0, 0.05) is 48.5 Å². The molecule has 232 valence electrons. The van der Waals surface area contributed by atoms with Crippen molar-refractivity contribution in [1.29, 1.82) is 0 Å². The van der Waals surface area contributed by atoms with E-state index in [1.807, 2.05) is 0 Å². The third-order valence-corrected chi connectivity index (χ3v) is 9.18. The number of carbonyl (C=O) groups is 2. The number of halogens is 5. The molecular formula is C27H28ClF4N5O5S. The minimum atomic E-state index is -3.20. The third kappa shape index (κ3) is 5.88. The number of amidine groups is 1. The first-order valence-electron chi connectivity index (χ1n) is 13.3. The van der Waals surface area contributed by atoms with Crippen LogP contribution in [0.5, 0.6) is 0 Å². The molecule has 4 atom stereocenters. The second-order valence-corrected chi connectivity index (χ2v) is 12.1. The van der Waals surface area contributed by atoms with Gasteiger partial charge in [-0.2, -0.15) is 0 Å². The Morgan fingerprint density at radius 3 is 2.70 bits per heavy atom. The number of nitrogens with one attached hydrogen (secondary N) is 1. The smallest absolute Gasteiger partial charge is 0.338 e. The molecule has 0 bridgehead atoms. The monoisotopic (exact) mass is 645 g/mol. The molecular weight excluding hydrogens is 618 g/mol. The number of rotatable bonds is 9. The van der Waals surface area contributed by atoms with Gasteiger partial charge in [-0.15, -0.1) is 11.3 Å². The number of nitrogens with zero attached hydrogens (tertiary/aromatic N) is 4. The summed E-state index contributed by atoms with van der Waals surface area (Å²) in [6, 6.07) is -1.16. The number of carboxylic acid groups (broad SMARTS) is 1. The fourth-order valence-electron chi connectivity index (χ4n) is 5.84. The van der Waals surface area contributed by atoms with E-state index in [1.54, 1.807) is 5.38 Å². The number of esters is 1. The van der Waals surface area contributed by atoms with Crippen molar-refractivity contribution in [2.24, 2.45) is 4.99 Å². The molecule has 1 aromatic carbocycles. The molecule has 3 N–H and O–H groups in total. The van der Waals surface area contributed by atoms with Gasteiger partial charge in [-0.25, -0.2) is 32.1 Å². The van der Waals surface area contributed by atoms with Crippen LogP contribution in [0.2, 0.25) is 5.02 Å². The van der Waals surface area contributed by atoms with Crippen molar-refractivity contribution < 1.29 is 42.1 Å². The highest BCUT2D eigenvalue weighted by Gasteiger charge is 2.59. The number of aliphatic hydroxyl groups is 1. The molecule has 3 aliphatic rings. The number of methoxy groups -OCH3 is 1. The molecule has 0 amide bonds. The normalized spacial score (nSPS) is 25.2. The second-order valence-electron chi connectivity index (χ2n) is 10.8. The summed E-state index contributed by atoms with van der Waals surface area (Å²) in [7, 11) is 1.12. The molecule has 0 spiro atoms. The number of thiazole rings is 1. The maximum Gasteiger partial charge on any atom is 0.338 e. The highest BCUT2D eigenvalue weighted by molar-refractivity contribution is 7.11. The Bertz CT molecular complexity index is 1490. The van der Waals surface area contributed by atoms with Crippen molar-refractivity contribution >= 4 is 40.7 Å². The molecule has 4 heterocycles. The Balaban J connectivity index is 1.51. The fourth-order valence-corrected chi connectivity index (χ4v) is 6.69. The lowest BCUT2D eigenvalue weighted by atomic mass is 9.95. The van der Waals surface area contributed by atoms with E-state index in [9.17, 15) is 28.6 Å². The zero-order chi connectivity index (χ0) is 31.3. The first-order chi connectivity index (χ1) is 20.2. The van der Waals surface area contributed by atoms with E-state index < -0.39 is 64.8 Å². The van der Waals surface area contributed by atoms with E-state index >= 15 is 8.78 Å². The van der Waals surface area contributed by atoms with E-state index in [2.05, 4.69) is 15.3 Å². The number of aliphatic imine (C=N–C) groups is 1. The molecule has 10 nitrogen and oxygen atoms in total. The number of carboxylic acids is 1. The summed E-state index contributed by atoms with van der Waals surface area (Å²) in [4.78, 5) is 36.3. The zero-order valence-corrected chi connectivity index (χ0v) is 24.6. The van der Waals surface area contributed by atoms with Crippen LogP contribution in [0.15, 0.2) is 40.0 Å². The SMILES string of the molecule is COC(=O)C1=C(CN2CC(F)(F)[C@H]3[C@@H]2CCN3CC[C@@](C)(O)C(=O)O)NC(c2nccs2)=N[C@H]1c1ccc(F)c(F)c1Cl. The van der Waals surface area contributed by atoms with E-state index in [0.717, 1.165) is 20.1 Å². The Kier molecular flexibility index (Phi) is 8.57. The topological polar surface area (TPSA) is 128 Å². The number of hydrogen-bond acceptors (Lipinski definition) is 10. The molecule has 0 unspecified atom stereocenters. The third-order valence-electron chi connectivity index (χ3n) is 8.02. The Labute approximate surface area is 252 Å². The summed E-state index contributed by atoms with van der Waals surface area (Å²) < 4.78 is 64.5. The largest absolute Gasteiger partial charge is 0.479 e. The molecule has 0 saturated carbocycles. The number of fused-ring (bicyclic) bond motifs is 1. The van der Waals surface area contributed by atoms with Crippen LogP contribution in [0, 0.1) is 11.6 Å². The molecule has 43 heavy (non-hydrogen) atoms. The fraction of sp³-hybridized carbons (Fsp3) is 0.481. The van der Waals surface area contributed by atoms with Gasteiger partial charge in [0.1, 0.15) is 6.04 Å². The maximum absolute atomic E-state index is 15.5. The molecule has 2 saturated heterocycles. The lowest BCUT2D eigenvalue weighted by molar-refractivity contribution is -0.157. The van der Waals surface area contributed by atoms with Gasteiger partial charge in [-0.3, -0.25) is 14.8 Å². The van der Waals surface area contributed by atoms with Gasteiger partial charge >= 0.3 is 11.9 Å². The number of likely N-dealkylation sites (tertiary alicyclic amines) is 2. The summed E-state index contributed by atoms with van der Waals surface area (Å²) in [5, 5.41) is 23.9. The number of aliphatic carboxylic acids is 1. The zero-order valence-electron chi connectivity index (χ0n) is 23.0. The van der Waals surface area contributed by atoms with Crippen molar-refractivity contribution in [3.63, 3.8) is 0 Å². The van der Waals surface area contributed by atoms with Gasteiger partial charge in [0.2, 0.25) is 0 Å². The van der Waals surface area contributed by atoms with Gasteiger partial charge in [-0.05, 0) is 25.8 Å². The minimum Gasteiger partial charge on any atom is -0.479 e. The second kappa shape index (κ2) is 11.8. The van der Waals surface area contributed by atoms with Crippen molar-refractivity contribution in [2.45, 2.75) is 49.4 Å². The van der Waals surface area contributed by atoms with E-state index in [4.69, 9.17) is 16.3 Å². The molecule has 0 radical (unpaired) electrons. The highest BCUT2D eigenvalue weighted by atomic mass is 35.5. The van der Waals surface area contributed by atoms with Crippen LogP contribution in [-0.2, 0) is 14.3 Å². The predicted octanol–water partition coefficient (Wildman–Crippen LogP) is 3.21. The predicted molar refractivity (Wildman–Crippen MR) is 148 cm³/mol. The lowest BCUT2D eigenvalue weighted by Crippen LogP contribution is -2.48. The minimum absolute atomic E-state index is 0.0313. The van der Waals surface area contributed by atoms with E-state index in [0.29, 0.717) is 11.4 Å². The molecule has 0 aliphatic carbocycles. The summed E-state index contributed by atoms with van der Waals surface area (Å²) in [6.07, 6.45) is 1.59. The van der Waals surface area contributed by atoms with Crippen LogP contribution in [0.3, 0.4) is 0 Å². The molecule has 3 aliphatic heterocycles. The quantitative estimate of drug-likeness (QED) is 0.214. The lowest BCUT2D eigenvalue weighted by Gasteiger charge is -2.31. The van der Waals surface area contributed by atoms with Crippen LogP contribution >= 0.6 is 22.9 Å². The van der Waals surface area contributed by atoms with Crippen LogP contribution in [-0.4, -0.2) is 99.7 Å². The number of aromatic nitrogens is 1. The van der Waals surface area contributed by atoms with Gasteiger partial charge in [0.25, 0.3) is 5.92 Å². The molecule has 1 aromatic heterocycles. The summed E-state index contributed by atoms with van der Waals surface area (Å²) >= 11 is 7.39. The van der Waals surface area contributed by atoms with Crippen molar-refractivity contribution in [3.8, 4) is 0 Å². The summed E-state index contributed by atoms with van der Waals surface area (Å²) in [5.41, 5.74) is -2.06. The highest BCUT2D eigenvalue weighted by Crippen LogP contribution is 2.43. The average Bonchev–Trinajstić information content (AvgIpc) is 3.69. The first-order valence-corrected chi connectivity index (χ1v) is 14.5. The number of hydrogen-bond donors (Lipinski definition) is 3. The number of benzene rings is 1. The van der Waals surface area contributed by atoms with Crippen LogP contribution in [0.1, 0.15) is 36.4 Å². The van der Waals surface area contributed by atoms with E-state index in [1.165, 1.54) is 33.4 Å². The van der Waals surface area contributed by atoms with Gasteiger partial charge < -0.3 is 20.3 Å². The van der Waals surface area contributed by atoms with Crippen LogP contribution in [0.25, 0.3) is 0 Å². The summed E-state index contributed by atoms with van der Waals surface area (Å²) in [6.45, 7) is 0.440. The van der Waals surface area contributed by atoms with Crippen molar-refractivity contribution in [3.05, 3.63) is 62.2 Å². The number of ether oxygens (including phenoxy) is 1. The number of alkyl halides is 2. The standard InChI is InChI=1S/C27H28ClF4N5O5S/c1-26(41,25(39)40)6-9-36-8-5-16-21(36)27(31,32)12-37(16)11-15-17(24(38)42-2)20(13-3-4-14(29)19(30)18(13)28)35-22(34-15)23-33-7-10-43-23/h3-4,7,10,16,20-21,41H,5-6,8-9,11-12H2,1-2H3,(H,34,35)(H,39,40)/t16-,20-,21+,26+/m0/s1. The summed E-state index contributed by atoms with van der Waals surface area (Å²) in [5.74, 6) is -7.87. The van der Waals surface area contributed by atoms with E-state index in [-0.39, 0.29) is 48.7 Å². The van der Waals surface area contributed by atoms with Crippen molar-refractivity contribution in [2.75, 3.05) is 33.3 Å². The molecule has 2 aromatic rings. The van der Waals surface area contributed by atoms with Gasteiger partial charge in [0.15, 0.2) is 28.1 Å². The number of carbonyl (C=O) groups excluding carboxylic acids is 1. The Morgan fingerprint density at radius 2 is 2.05 bits per heavy atom. The Hall–Kier alpha value is -3.11. The van der Waals surface area contributed by atoms with Gasteiger partial charge in [-0.1, -0.05) is 17.7 Å². The van der Waals surface area contributed by atoms with Crippen LogP contribution < -0.4 is 5.32 Å². The molecule has 2 fully saturated rings. The maximum atomic E-state index is 15.5. The van der Waals surface area contributed by atoms with Gasteiger partial charge in [0.05, 0.1) is 30.3 Å². The molecule has 16 heteroatoms.